The van der Waals surface area contributed by atoms with Gasteiger partial charge in [0.1, 0.15) is 24.7 Å². The smallest absolute Gasteiger partial charge is 0.257 e. The number of nitrogens with one attached hydrogen (secondary N) is 3. The minimum atomic E-state index is -0.101. The molecule has 1 amide bonds. The van der Waals surface area contributed by atoms with Crippen molar-refractivity contribution in [2.75, 3.05) is 56.7 Å². The minimum absolute atomic E-state index is 0.101. The summed E-state index contributed by atoms with van der Waals surface area (Å²) in [4.78, 5) is 27.2. The fraction of sp³-hybridized carbons (Fsp3) is 0.435. The molecule has 2 aliphatic rings. The lowest BCUT2D eigenvalue weighted by Crippen LogP contribution is -2.41. The summed E-state index contributed by atoms with van der Waals surface area (Å²) < 4.78 is 17.2. The minimum Gasteiger partial charge on any atom is -0.485 e. The molecule has 1 aromatic carbocycles. The molecule has 0 spiro atoms. The first-order valence-corrected chi connectivity index (χ1v) is 11.7. The lowest BCUT2D eigenvalue weighted by Gasteiger charge is -2.29. The van der Waals surface area contributed by atoms with Crippen molar-refractivity contribution in [2.45, 2.75) is 13.8 Å². The van der Waals surface area contributed by atoms with Crippen molar-refractivity contribution in [1.82, 2.24) is 19.9 Å². The lowest BCUT2D eigenvalue weighted by molar-refractivity contribution is 0.0298. The molecule has 0 saturated carbocycles. The molecule has 180 valence electrons. The van der Waals surface area contributed by atoms with Gasteiger partial charge in [0.2, 0.25) is 5.95 Å². The zero-order valence-corrected chi connectivity index (χ0v) is 19.9. The van der Waals surface area contributed by atoms with Crippen LogP contribution in [0.1, 0.15) is 24.2 Å². The highest BCUT2D eigenvalue weighted by Gasteiger charge is 2.28. The lowest BCUT2D eigenvalue weighted by atomic mass is 10.1. The number of H-pyrrole nitrogens is 1. The third kappa shape index (κ3) is 4.43. The molecule has 4 heterocycles. The van der Waals surface area contributed by atoms with Crippen molar-refractivity contribution in [2.24, 2.45) is 5.92 Å². The first-order valence-electron chi connectivity index (χ1n) is 11.4. The van der Waals surface area contributed by atoms with Crippen molar-refractivity contribution in [1.29, 1.82) is 0 Å². The number of anilines is 3. The SMILES string of the molecule is CC(C)CNc1nc(Nc2ccc(C(=O)N3CCOCC3)c3c2OCCO3)nc2[nH]cc(Cl)c12. The molecule has 0 unspecified atom stereocenters. The number of amides is 1. The van der Waals surface area contributed by atoms with E-state index >= 15 is 0 Å². The van der Waals surface area contributed by atoms with Crippen LogP contribution in [0.4, 0.5) is 17.5 Å². The van der Waals surface area contributed by atoms with Crippen molar-refractivity contribution < 1.29 is 19.0 Å². The third-order valence-corrected chi connectivity index (χ3v) is 5.92. The van der Waals surface area contributed by atoms with E-state index in [0.29, 0.717) is 90.6 Å². The quantitative estimate of drug-likeness (QED) is 0.483. The van der Waals surface area contributed by atoms with Crippen LogP contribution in [0.2, 0.25) is 5.02 Å². The van der Waals surface area contributed by atoms with Gasteiger partial charge in [-0.3, -0.25) is 4.79 Å². The second kappa shape index (κ2) is 9.55. The van der Waals surface area contributed by atoms with Crippen LogP contribution in [0.3, 0.4) is 0 Å². The normalized spacial score (nSPS) is 15.6. The highest BCUT2D eigenvalue weighted by atomic mass is 35.5. The Hall–Kier alpha value is -3.24. The summed E-state index contributed by atoms with van der Waals surface area (Å²) in [5.41, 5.74) is 1.69. The van der Waals surface area contributed by atoms with Crippen LogP contribution in [0.5, 0.6) is 11.5 Å². The average Bonchev–Trinajstić information content (AvgIpc) is 3.23. The van der Waals surface area contributed by atoms with Crippen molar-refractivity contribution in [3.8, 4) is 11.5 Å². The van der Waals surface area contributed by atoms with Gasteiger partial charge in [-0.1, -0.05) is 25.4 Å². The van der Waals surface area contributed by atoms with E-state index in [4.69, 9.17) is 25.8 Å². The summed E-state index contributed by atoms with van der Waals surface area (Å²) in [7, 11) is 0. The Balaban J connectivity index is 1.48. The number of hydrogen-bond acceptors (Lipinski definition) is 8. The molecule has 0 aliphatic carbocycles. The summed E-state index contributed by atoms with van der Waals surface area (Å²) in [6.07, 6.45) is 1.69. The van der Waals surface area contributed by atoms with Gasteiger partial charge in [-0.15, -0.1) is 0 Å². The molecule has 5 rings (SSSR count). The number of nitrogens with zero attached hydrogens (tertiary/aromatic N) is 3. The highest BCUT2D eigenvalue weighted by molar-refractivity contribution is 6.36. The van der Waals surface area contributed by atoms with Crippen LogP contribution in [0, 0.1) is 5.92 Å². The fourth-order valence-corrected chi connectivity index (χ4v) is 4.17. The second-order valence-corrected chi connectivity index (χ2v) is 8.98. The second-order valence-electron chi connectivity index (χ2n) is 8.58. The number of morpholine rings is 1. The van der Waals surface area contributed by atoms with Crippen LogP contribution in [0.25, 0.3) is 11.0 Å². The van der Waals surface area contributed by atoms with Gasteiger partial charge in [-0.05, 0) is 18.1 Å². The molecule has 10 nitrogen and oxygen atoms in total. The van der Waals surface area contributed by atoms with Gasteiger partial charge in [0, 0.05) is 25.8 Å². The maximum Gasteiger partial charge on any atom is 0.257 e. The molecule has 0 atom stereocenters. The Bertz CT molecular complexity index is 1210. The maximum atomic E-state index is 13.1. The van der Waals surface area contributed by atoms with Crippen LogP contribution < -0.4 is 20.1 Å². The number of ether oxygens (including phenoxy) is 3. The predicted molar refractivity (Wildman–Crippen MR) is 130 cm³/mol. The zero-order chi connectivity index (χ0) is 23.7. The standard InChI is InChI=1S/C23H27ClN6O4/c1-13(2)11-25-20-17-15(24)12-26-21(17)29-23(28-20)27-16-4-3-14(18-19(16)34-10-9-33-18)22(31)30-5-7-32-8-6-30/h3-4,12-13H,5-11H2,1-2H3,(H3,25,26,27,28,29). The number of rotatable bonds is 6. The van der Waals surface area contributed by atoms with Gasteiger partial charge in [0.15, 0.2) is 11.5 Å². The van der Waals surface area contributed by atoms with Gasteiger partial charge >= 0.3 is 0 Å². The first kappa shape index (κ1) is 22.5. The Morgan fingerprint density at radius 2 is 1.91 bits per heavy atom. The van der Waals surface area contributed by atoms with Crippen LogP contribution >= 0.6 is 11.6 Å². The van der Waals surface area contributed by atoms with E-state index in [2.05, 4.69) is 39.4 Å². The summed E-state index contributed by atoms with van der Waals surface area (Å²) in [6.45, 7) is 7.87. The Morgan fingerprint density at radius 1 is 1.15 bits per heavy atom. The van der Waals surface area contributed by atoms with E-state index in [1.54, 1.807) is 23.2 Å². The number of fused-ring (bicyclic) bond motifs is 2. The molecule has 1 saturated heterocycles. The van der Waals surface area contributed by atoms with Gasteiger partial charge in [0.05, 0.1) is 34.9 Å². The zero-order valence-electron chi connectivity index (χ0n) is 19.1. The number of halogens is 1. The molecular formula is C23H27ClN6O4. The molecule has 3 aromatic rings. The van der Waals surface area contributed by atoms with E-state index in [0.717, 1.165) is 11.9 Å². The Kier molecular flexibility index (Phi) is 6.34. The molecule has 2 aliphatic heterocycles. The van der Waals surface area contributed by atoms with Gasteiger partial charge in [0.25, 0.3) is 5.91 Å². The van der Waals surface area contributed by atoms with E-state index in [9.17, 15) is 4.79 Å². The Morgan fingerprint density at radius 3 is 2.68 bits per heavy atom. The van der Waals surface area contributed by atoms with Gasteiger partial charge < -0.3 is 34.7 Å². The van der Waals surface area contributed by atoms with Gasteiger partial charge in [-0.2, -0.15) is 9.97 Å². The first-order chi connectivity index (χ1) is 16.5. The molecule has 1 fully saturated rings. The topological polar surface area (TPSA) is 114 Å². The number of aromatic nitrogens is 3. The number of carbonyl (C=O) groups excluding carboxylic acids is 1. The highest BCUT2D eigenvalue weighted by Crippen LogP contribution is 2.42. The summed E-state index contributed by atoms with van der Waals surface area (Å²) >= 11 is 6.36. The third-order valence-electron chi connectivity index (χ3n) is 5.62. The number of aromatic amines is 1. The van der Waals surface area contributed by atoms with Crippen LogP contribution in [-0.4, -0.2) is 71.8 Å². The summed E-state index contributed by atoms with van der Waals surface area (Å²) in [5.74, 6) is 2.22. The van der Waals surface area contributed by atoms with Crippen molar-refractivity contribution in [3.05, 3.63) is 28.9 Å². The maximum absolute atomic E-state index is 13.1. The largest absolute Gasteiger partial charge is 0.485 e. The van der Waals surface area contributed by atoms with E-state index in [-0.39, 0.29) is 5.91 Å². The molecule has 0 bridgehead atoms. The molecule has 2 aromatic heterocycles. The number of carbonyl (C=O) groups is 1. The average molecular weight is 487 g/mol. The fourth-order valence-electron chi connectivity index (χ4n) is 3.94. The van der Waals surface area contributed by atoms with E-state index < -0.39 is 0 Å². The molecule has 3 N–H and O–H groups in total. The summed E-state index contributed by atoms with van der Waals surface area (Å²) in [6, 6.07) is 3.53. The molecule has 34 heavy (non-hydrogen) atoms. The molecule has 11 heteroatoms. The van der Waals surface area contributed by atoms with Crippen molar-refractivity contribution >= 4 is 46.0 Å². The van der Waals surface area contributed by atoms with Gasteiger partial charge in [-0.25, -0.2) is 0 Å². The van der Waals surface area contributed by atoms with Crippen molar-refractivity contribution in [3.63, 3.8) is 0 Å². The molecule has 0 radical (unpaired) electrons. The number of hydrogen-bond donors (Lipinski definition) is 3. The monoisotopic (exact) mass is 486 g/mol. The van der Waals surface area contributed by atoms with E-state index in [1.807, 2.05) is 0 Å². The summed E-state index contributed by atoms with van der Waals surface area (Å²) in [5, 5.41) is 7.87. The number of benzene rings is 1. The predicted octanol–water partition coefficient (Wildman–Crippen LogP) is 3.67. The Labute approximate surface area is 201 Å². The molecular weight excluding hydrogens is 460 g/mol. The van der Waals surface area contributed by atoms with Crippen LogP contribution in [-0.2, 0) is 4.74 Å². The van der Waals surface area contributed by atoms with E-state index in [1.165, 1.54) is 0 Å². The van der Waals surface area contributed by atoms with Crippen LogP contribution in [0.15, 0.2) is 18.3 Å².